The van der Waals surface area contributed by atoms with E-state index in [1.165, 1.54) is 16.9 Å². The minimum absolute atomic E-state index is 0.827. The minimum Gasteiger partial charge on any atom is -0.316 e. The van der Waals surface area contributed by atoms with Crippen LogP contribution in [0.1, 0.15) is 12.5 Å². The van der Waals surface area contributed by atoms with Crippen LogP contribution in [0.15, 0.2) is 42.0 Å². The Labute approximate surface area is 141 Å². The van der Waals surface area contributed by atoms with Crippen LogP contribution in [-0.4, -0.2) is 20.2 Å². The van der Waals surface area contributed by atoms with Crippen molar-refractivity contribution < 1.29 is 0 Å². The minimum atomic E-state index is 0.827. The molecule has 0 radical (unpaired) electrons. The van der Waals surface area contributed by atoms with Gasteiger partial charge in [0.1, 0.15) is 16.3 Å². The van der Waals surface area contributed by atoms with E-state index in [0.29, 0.717) is 0 Å². The lowest BCUT2D eigenvalue weighted by Gasteiger charge is -2.02. The fourth-order valence-electron chi connectivity index (χ4n) is 2.28. The van der Waals surface area contributed by atoms with Crippen molar-refractivity contribution >= 4 is 43.8 Å². The molecule has 0 aliphatic rings. The molecule has 0 aliphatic carbocycles. The average Bonchev–Trinajstić information content (AvgIpc) is 3.23. The molecule has 0 aliphatic heterocycles. The Morgan fingerprint density at radius 2 is 2.13 bits per heavy atom. The second kappa shape index (κ2) is 6.02. The smallest absolute Gasteiger partial charge is 0.189 e. The van der Waals surface area contributed by atoms with Crippen LogP contribution in [0.2, 0.25) is 0 Å². The number of hydrogen-bond acceptors (Lipinski definition) is 7. The lowest BCUT2D eigenvalue weighted by atomic mass is 10.2. The molecule has 4 rings (SSSR count). The summed E-state index contributed by atoms with van der Waals surface area (Å²) in [6.45, 7) is 2.13. The number of thiazole rings is 1. The Kier molecular flexibility index (Phi) is 3.72. The summed E-state index contributed by atoms with van der Waals surface area (Å²) in [7, 11) is 0. The van der Waals surface area contributed by atoms with E-state index in [4.69, 9.17) is 0 Å². The number of aryl methyl sites for hydroxylation is 1. The number of hydrogen-bond donors (Lipinski definition) is 1. The fourth-order valence-corrected chi connectivity index (χ4v) is 3.75. The van der Waals surface area contributed by atoms with Gasteiger partial charge in [0.15, 0.2) is 5.13 Å². The number of benzene rings is 1. The first-order chi connectivity index (χ1) is 11.3. The van der Waals surface area contributed by atoms with Gasteiger partial charge in [-0.25, -0.2) is 9.97 Å². The summed E-state index contributed by atoms with van der Waals surface area (Å²) < 4.78 is 1.12. The Morgan fingerprint density at radius 3 is 2.96 bits per heavy atom. The molecule has 5 nitrogen and oxygen atoms in total. The molecule has 3 aromatic heterocycles. The molecule has 1 N–H and O–H groups in total. The van der Waals surface area contributed by atoms with Gasteiger partial charge in [0.2, 0.25) is 0 Å². The van der Waals surface area contributed by atoms with Crippen molar-refractivity contribution in [2.45, 2.75) is 13.3 Å². The van der Waals surface area contributed by atoms with Gasteiger partial charge in [0, 0.05) is 11.8 Å². The highest BCUT2D eigenvalue weighted by molar-refractivity contribution is 7.22. The van der Waals surface area contributed by atoms with E-state index in [1.807, 2.05) is 24.4 Å². The van der Waals surface area contributed by atoms with Crippen molar-refractivity contribution in [3.05, 3.63) is 47.6 Å². The number of nitrogens with zero attached hydrogens (tertiary/aromatic N) is 4. The maximum Gasteiger partial charge on any atom is 0.189 e. The van der Waals surface area contributed by atoms with Crippen LogP contribution in [0.5, 0.6) is 0 Å². The van der Waals surface area contributed by atoms with E-state index in [-0.39, 0.29) is 0 Å². The number of rotatable bonds is 4. The Balaban J connectivity index is 1.66. The third-order valence-electron chi connectivity index (χ3n) is 3.46. The molecule has 4 aromatic rings. The molecule has 7 heteroatoms. The molecular weight excluding hydrogens is 326 g/mol. The van der Waals surface area contributed by atoms with Crippen molar-refractivity contribution in [2.24, 2.45) is 0 Å². The third kappa shape index (κ3) is 2.93. The molecule has 0 atom stereocenters. The van der Waals surface area contributed by atoms with Crippen molar-refractivity contribution in [1.82, 2.24) is 20.2 Å². The lowest BCUT2D eigenvalue weighted by molar-refractivity contribution is 1.10. The first kappa shape index (κ1) is 14.2. The standard InChI is InChI=1S/C16H13N5S2/c1-2-10-5-6-17-14(7-10)20-16-19-12-4-3-11(8-13(12)23-16)15-21-18-9-22-15/h3-9H,2H2,1H3,(H,17,19,20). The summed E-state index contributed by atoms with van der Waals surface area (Å²) in [6.07, 6.45) is 2.81. The van der Waals surface area contributed by atoms with E-state index < -0.39 is 0 Å². The van der Waals surface area contributed by atoms with Crippen LogP contribution in [0.3, 0.4) is 0 Å². The monoisotopic (exact) mass is 339 g/mol. The van der Waals surface area contributed by atoms with E-state index in [9.17, 15) is 0 Å². The lowest BCUT2D eigenvalue weighted by Crippen LogP contribution is -1.93. The van der Waals surface area contributed by atoms with Crippen LogP contribution >= 0.6 is 22.7 Å². The molecular formula is C16H13N5S2. The molecule has 0 bridgehead atoms. The topological polar surface area (TPSA) is 63.6 Å². The fraction of sp³-hybridized carbons (Fsp3) is 0.125. The number of pyridine rings is 1. The molecule has 0 fully saturated rings. The number of nitrogens with one attached hydrogen (secondary N) is 1. The molecule has 1 aromatic carbocycles. The molecule has 0 amide bonds. The normalized spacial score (nSPS) is 11.0. The van der Waals surface area contributed by atoms with E-state index in [0.717, 1.165) is 38.2 Å². The van der Waals surface area contributed by atoms with Crippen LogP contribution < -0.4 is 5.32 Å². The molecule has 0 saturated carbocycles. The second-order valence-electron chi connectivity index (χ2n) is 4.97. The SMILES string of the molecule is CCc1ccnc(Nc2nc3ccc(-c4nncs4)cc3s2)c1. The maximum atomic E-state index is 4.62. The van der Waals surface area contributed by atoms with Gasteiger partial charge >= 0.3 is 0 Å². The third-order valence-corrected chi connectivity index (χ3v) is 5.14. The van der Waals surface area contributed by atoms with Crippen molar-refractivity contribution in [2.75, 3.05) is 5.32 Å². The van der Waals surface area contributed by atoms with Gasteiger partial charge in [-0.3, -0.25) is 0 Å². The molecule has 23 heavy (non-hydrogen) atoms. The molecule has 0 unspecified atom stereocenters. The van der Waals surface area contributed by atoms with Gasteiger partial charge in [0.25, 0.3) is 0 Å². The predicted molar refractivity (Wildman–Crippen MR) is 95.4 cm³/mol. The van der Waals surface area contributed by atoms with Gasteiger partial charge in [-0.05, 0) is 42.3 Å². The Bertz CT molecular complexity index is 946. The highest BCUT2D eigenvalue weighted by atomic mass is 32.1. The predicted octanol–water partition coefficient (Wildman–Crippen LogP) is 4.52. The molecule has 0 saturated heterocycles. The maximum absolute atomic E-state index is 4.62. The number of aromatic nitrogens is 4. The van der Waals surface area contributed by atoms with Gasteiger partial charge in [-0.2, -0.15) is 0 Å². The summed E-state index contributed by atoms with van der Waals surface area (Å²) in [5.41, 5.74) is 5.03. The highest BCUT2D eigenvalue weighted by Crippen LogP contribution is 2.32. The van der Waals surface area contributed by atoms with Gasteiger partial charge < -0.3 is 5.32 Å². The van der Waals surface area contributed by atoms with E-state index >= 15 is 0 Å². The van der Waals surface area contributed by atoms with Gasteiger partial charge in [-0.1, -0.05) is 29.6 Å². The van der Waals surface area contributed by atoms with Crippen molar-refractivity contribution in [1.29, 1.82) is 0 Å². The quantitative estimate of drug-likeness (QED) is 0.592. The Morgan fingerprint density at radius 1 is 1.17 bits per heavy atom. The summed E-state index contributed by atoms with van der Waals surface area (Å²) in [4.78, 5) is 8.97. The summed E-state index contributed by atoms with van der Waals surface area (Å²) in [5, 5.41) is 13.1. The van der Waals surface area contributed by atoms with Crippen LogP contribution in [0, 0.1) is 0 Å². The molecule has 3 heterocycles. The van der Waals surface area contributed by atoms with Crippen LogP contribution in [0.25, 0.3) is 20.8 Å². The summed E-state index contributed by atoms with van der Waals surface area (Å²) >= 11 is 3.15. The first-order valence-electron chi connectivity index (χ1n) is 7.21. The van der Waals surface area contributed by atoms with Crippen molar-refractivity contribution in [3.8, 4) is 10.6 Å². The van der Waals surface area contributed by atoms with E-state index in [2.05, 4.69) is 44.5 Å². The number of fused-ring (bicyclic) bond motifs is 1. The zero-order valence-electron chi connectivity index (χ0n) is 12.4. The average molecular weight is 339 g/mol. The summed E-state index contributed by atoms with van der Waals surface area (Å²) in [5.74, 6) is 0.827. The molecule has 114 valence electrons. The summed E-state index contributed by atoms with van der Waals surface area (Å²) in [6, 6.07) is 10.2. The largest absolute Gasteiger partial charge is 0.316 e. The van der Waals surface area contributed by atoms with Crippen LogP contribution in [0.4, 0.5) is 10.9 Å². The van der Waals surface area contributed by atoms with Gasteiger partial charge in [0.05, 0.1) is 10.2 Å². The zero-order chi connectivity index (χ0) is 15.6. The second-order valence-corrected chi connectivity index (χ2v) is 6.84. The Hall–Kier alpha value is -2.38. The van der Waals surface area contributed by atoms with E-state index in [1.54, 1.807) is 16.8 Å². The van der Waals surface area contributed by atoms with Crippen LogP contribution in [-0.2, 0) is 6.42 Å². The highest BCUT2D eigenvalue weighted by Gasteiger charge is 2.08. The zero-order valence-corrected chi connectivity index (χ0v) is 14.0. The van der Waals surface area contributed by atoms with Gasteiger partial charge in [-0.15, -0.1) is 10.2 Å². The number of anilines is 2. The van der Waals surface area contributed by atoms with Crippen molar-refractivity contribution in [3.63, 3.8) is 0 Å². The first-order valence-corrected chi connectivity index (χ1v) is 8.90. The molecule has 0 spiro atoms.